The van der Waals surface area contributed by atoms with E-state index in [9.17, 15) is 26.7 Å². The van der Waals surface area contributed by atoms with Gasteiger partial charge in [0.25, 0.3) is 6.43 Å². The highest BCUT2D eigenvalue weighted by Gasteiger charge is 2.36. The monoisotopic (exact) mass is 338 g/mol. The van der Waals surface area contributed by atoms with Crippen LogP contribution in [0.2, 0.25) is 0 Å². The minimum atomic E-state index is -4.71. The number of imidazole rings is 1. The van der Waals surface area contributed by atoms with Crippen molar-refractivity contribution < 1.29 is 31.5 Å². The average molecular weight is 338 g/mol. The summed E-state index contributed by atoms with van der Waals surface area (Å²) in [7, 11) is 0. The fraction of sp³-hybridized carbons (Fsp3) is 0.417. The summed E-state index contributed by atoms with van der Waals surface area (Å²) in [6, 6.07) is -0.151. The zero-order valence-electron chi connectivity index (χ0n) is 11.4. The number of carbonyl (C=O) groups is 1. The van der Waals surface area contributed by atoms with Crippen LogP contribution in [0.15, 0.2) is 24.8 Å². The first-order chi connectivity index (χ1) is 10.8. The number of esters is 1. The molecule has 0 aliphatic rings. The molecule has 0 amide bonds. The molecular formula is C12H11F5N4O2. The summed E-state index contributed by atoms with van der Waals surface area (Å²) in [6.07, 6.45) is -5.00. The number of hydrogen-bond acceptors (Lipinski definition) is 4. The Kier molecular flexibility index (Phi) is 4.96. The van der Waals surface area contributed by atoms with Crippen molar-refractivity contribution in [3.8, 4) is 0 Å². The van der Waals surface area contributed by atoms with E-state index in [1.165, 1.54) is 18.5 Å². The van der Waals surface area contributed by atoms with Crippen molar-refractivity contribution in [3.05, 3.63) is 36.2 Å². The van der Waals surface area contributed by atoms with Gasteiger partial charge in [-0.25, -0.2) is 13.8 Å². The van der Waals surface area contributed by atoms with Crippen molar-refractivity contribution >= 4 is 5.97 Å². The molecule has 0 bridgehead atoms. The number of aromatic amines is 1. The predicted octanol–water partition coefficient (Wildman–Crippen LogP) is 2.56. The zero-order valence-corrected chi connectivity index (χ0v) is 11.4. The van der Waals surface area contributed by atoms with E-state index in [1.54, 1.807) is 0 Å². The third-order valence-electron chi connectivity index (χ3n) is 2.90. The molecule has 11 heteroatoms. The highest BCUT2D eigenvalue weighted by molar-refractivity contribution is 5.70. The first-order valence-corrected chi connectivity index (χ1v) is 6.31. The highest BCUT2D eigenvalue weighted by Crippen LogP contribution is 2.30. The normalized spacial score (nSPS) is 13.3. The molecule has 0 fully saturated rings. The SMILES string of the molecule is O=C(CC(C(F)F)n1cccn1)OCc1[nH]cnc1C(F)(F)F. The summed E-state index contributed by atoms with van der Waals surface area (Å²) in [6.45, 7) is -0.747. The van der Waals surface area contributed by atoms with Crippen LogP contribution in [0.3, 0.4) is 0 Å². The lowest BCUT2D eigenvalue weighted by atomic mass is 10.2. The molecule has 0 radical (unpaired) electrons. The van der Waals surface area contributed by atoms with E-state index in [2.05, 4.69) is 19.8 Å². The summed E-state index contributed by atoms with van der Waals surface area (Å²) >= 11 is 0. The number of hydrogen-bond donors (Lipinski definition) is 1. The minimum Gasteiger partial charge on any atom is -0.459 e. The van der Waals surface area contributed by atoms with Crippen LogP contribution in [-0.2, 0) is 22.3 Å². The van der Waals surface area contributed by atoms with Gasteiger partial charge in [-0.3, -0.25) is 9.48 Å². The van der Waals surface area contributed by atoms with Crippen LogP contribution in [0.25, 0.3) is 0 Å². The Labute approximate surface area is 126 Å². The number of alkyl halides is 5. The highest BCUT2D eigenvalue weighted by atomic mass is 19.4. The second-order valence-electron chi connectivity index (χ2n) is 4.48. The molecule has 6 nitrogen and oxygen atoms in total. The van der Waals surface area contributed by atoms with Crippen LogP contribution in [0, 0.1) is 0 Å². The van der Waals surface area contributed by atoms with E-state index in [0.717, 1.165) is 11.0 Å². The van der Waals surface area contributed by atoms with E-state index in [4.69, 9.17) is 0 Å². The fourth-order valence-electron chi connectivity index (χ4n) is 1.83. The van der Waals surface area contributed by atoms with Gasteiger partial charge in [-0.1, -0.05) is 0 Å². The van der Waals surface area contributed by atoms with Crippen molar-refractivity contribution in [1.29, 1.82) is 0 Å². The third-order valence-corrected chi connectivity index (χ3v) is 2.90. The van der Waals surface area contributed by atoms with Crippen LogP contribution in [-0.4, -0.2) is 32.1 Å². The molecule has 2 aromatic rings. The van der Waals surface area contributed by atoms with Gasteiger partial charge in [0.2, 0.25) is 0 Å². The van der Waals surface area contributed by atoms with Gasteiger partial charge in [-0.15, -0.1) is 0 Å². The lowest BCUT2D eigenvalue weighted by Gasteiger charge is -2.16. The largest absolute Gasteiger partial charge is 0.459 e. The van der Waals surface area contributed by atoms with Crippen LogP contribution in [0.4, 0.5) is 22.0 Å². The van der Waals surface area contributed by atoms with Crippen molar-refractivity contribution in [3.63, 3.8) is 0 Å². The Balaban J connectivity index is 1.96. The maximum Gasteiger partial charge on any atom is 0.435 e. The molecule has 2 heterocycles. The molecule has 2 rings (SSSR count). The van der Waals surface area contributed by atoms with Crippen LogP contribution < -0.4 is 0 Å². The first kappa shape index (κ1) is 16.9. The molecule has 0 aromatic carbocycles. The van der Waals surface area contributed by atoms with Gasteiger partial charge in [0.15, 0.2) is 5.69 Å². The number of aromatic nitrogens is 4. The molecule has 0 aliphatic carbocycles. The molecule has 1 unspecified atom stereocenters. The Hall–Kier alpha value is -2.46. The Morgan fingerprint density at radius 1 is 1.39 bits per heavy atom. The molecule has 0 aliphatic heterocycles. The number of nitrogens with zero attached hydrogens (tertiary/aromatic N) is 3. The van der Waals surface area contributed by atoms with Gasteiger partial charge >= 0.3 is 12.1 Å². The summed E-state index contributed by atoms with van der Waals surface area (Å²) < 4.78 is 69.1. The van der Waals surface area contributed by atoms with Gasteiger partial charge in [-0.05, 0) is 6.07 Å². The summed E-state index contributed by atoms with van der Waals surface area (Å²) in [5.41, 5.74) is -1.68. The van der Waals surface area contributed by atoms with E-state index in [1.807, 2.05) is 0 Å². The number of halogens is 5. The summed E-state index contributed by atoms with van der Waals surface area (Å²) in [4.78, 5) is 16.9. The van der Waals surface area contributed by atoms with Gasteiger partial charge < -0.3 is 9.72 Å². The van der Waals surface area contributed by atoms with Crippen molar-refractivity contribution in [2.45, 2.75) is 31.7 Å². The first-order valence-electron chi connectivity index (χ1n) is 6.31. The van der Waals surface area contributed by atoms with E-state index in [0.29, 0.717) is 0 Å². The fourth-order valence-corrected chi connectivity index (χ4v) is 1.83. The Morgan fingerprint density at radius 2 is 2.13 bits per heavy atom. The molecule has 23 heavy (non-hydrogen) atoms. The van der Waals surface area contributed by atoms with Gasteiger partial charge in [0.1, 0.15) is 12.6 Å². The molecule has 126 valence electrons. The second-order valence-corrected chi connectivity index (χ2v) is 4.48. The molecule has 0 spiro atoms. The standard InChI is InChI=1S/C12H11F5N4O2/c13-11(14)8(21-3-1-2-20-21)4-9(22)23-5-7-10(12(15,16)17)19-6-18-7/h1-3,6,8,11H,4-5H2,(H,18,19). The van der Waals surface area contributed by atoms with Gasteiger partial charge in [0, 0.05) is 12.4 Å². The minimum absolute atomic E-state index is 0.460. The quantitative estimate of drug-likeness (QED) is 0.649. The second kappa shape index (κ2) is 6.75. The van der Waals surface area contributed by atoms with Crippen LogP contribution in [0.1, 0.15) is 23.9 Å². The third kappa shape index (κ3) is 4.27. The lowest BCUT2D eigenvalue weighted by Crippen LogP contribution is -2.22. The smallest absolute Gasteiger partial charge is 0.435 e. The van der Waals surface area contributed by atoms with Crippen molar-refractivity contribution in [2.75, 3.05) is 0 Å². The molecule has 2 aromatic heterocycles. The lowest BCUT2D eigenvalue weighted by molar-refractivity contribution is -0.150. The van der Waals surface area contributed by atoms with Gasteiger partial charge in [0.05, 0.1) is 18.4 Å². The Bertz CT molecular complexity index is 638. The topological polar surface area (TPSA) is 72.8 Å². The molecule has 0 saturated heterocycles. The number of nitrogens with one attached hydrogen (secondary N) is 1. The van der Waals surface area contributed by atoms with E-state index >= 15 is 0 Å². The average Bonchev–Trinajstić information content (AvgIpc) is 3.12. The molecule has 1 N–H and O–H groups in total. The van der Waals surface area contributed by atoms with E-state index < -0.39 is 49.0 Å². The number of H-pyrrole nitrogens is 1. The summed E-state index contributed by atoms with van der Waals surface area (Å²) in [5.74, 6) is -1.08. The molecular weight excluding hydrogens is 327 g/mol. The predicted molar refractivity (Wildman–Crippen MR) is 65.3 cm³/mol. The van der Waals surface area contributed by atoms with Gasteiger partial charge in [-0.2, -0.15) is 18.3 Å². The summed E-state index contributed by atoms with van der Waals surface area (Å²) in [5, 5.41) is 3.61. The Morgan fingerprint density at radius 3 is 2.70 bits per heavy atom. The number of carbonyl (C=O) groups excluding carboxylic acids is 1. The van der Waals surface area contributed by atoms with Crippen LogP contribution >= 0.6 is 0 Å². The number of ether oxygens (including phenoxy) is 1. The molecule has 0 saturated carbocycles. The molecule has 1 atom stereocenters. The number of rotatable bonds is 6. The van der Waals surface area contributed by atoms with E-state index in [-0.39, 0.29) is 0 Å². The van der Waals surface area contributed by atoms with Crippen molar-refractivity contribution in [1.82, 2.24) is 19.7 Å². The maximum atomic E-state index is 12.9. The van der Waals surface area contributed by atoms with Crippen molar-refractivity contribution in [2.24, 2.45) is 0 Å². The van der Waals surface area contributed by atoms with Crippen LogP contribution in [0.5, 0.6) is 0 Å². The maximum absolute atomic E-state index is 12.9. The zero-order chi connectivity index (χ0) is 17.0.